The Bertz CT molecular complexity index is 656. The van der Waals surface area contributed by atoms with Crippen molar-refractivity contribution >= 4 is 28.6 Å². The lowest BCUT2D eigenvalue weighted by molar-refractivity contribution is -0.139. The number of ketones is 2. The maximum absolute atomic E-state index is 11.7. The van der Waals surface area contributed by atoms with Crippen LogP contribution in [0.25, 0.3) is 11.1 Å². The zero-order chi connectivity index (χ0) is 13.3. The summed E-state index contributed by atoms with van der Waals surface area (Å²) in [5, 5.41) is 8.45. The van der Waals surface area contributed by atoms with Gasteiger partial charge in [0, 0.05) is 12.5 Å². The Hall–Kier alpha value is -2.50. The van der Waals surface area contributed by atoms with E-state index < -0.39 is 24.0 Å². The summed E-state index contributed by atoms with van der Waals surface area (Å²) >= 11 is 0. The van der Waals surface area contributed by atoms with E-state index in [1.54, 1.807) is 13.0 Å². The van der Waals surface area contributed by atoms with Crippen LogP contribution in [0.2, 0.25) is 0 Å². The van der Waals surface area contributed by atoms with E-state index in [4.69, 9.17) is 9.52 Å². The fourth-order valence-corrected chi connectivity index (χ4v) is 1.56. The molecule has 0 saturated carbocycles. The van der Waals surface area contributed by atoms with Gasteiger partial charge < -0.3 is 9.52 Å². The first-order valence-electron chi connectivity index (χ1n) is 5.14. The number of carbonyl (C=O) groups is 3. The fraction of sp³-hybridized carbons (Fsp3) is 0.167. The number of aryl methyl sites for hydroxylation is 1. The summed E-state index contributed by atoms with van der Waals surface area (Å²) in [5.41, 5.74) is 1.07. The molecule has 1 aromatic heterocycles. The molecule has 0 radical (unpaired) electrons. The largest absolute Gasteiger partial charge is 0.481 e. The molecule has 1 aromatic carbocycles. The number of hydrogen-bond acceptors (Lipinski definition) is 5. The van der Waals surface area contributed by atoms with Crippen molar-refractivity contribution in [1.29, 1.82) is 0 Å². The number of Topliss-reactive ketones (excluding diaryl/α,β-unsaturated/α-hetero) is 2. The van der Waals surface area contributed by atoms with E-state index in [1.165, 1.54) is 12.1 Å². The van der Waals surface area contributed by atoms with E-state index in [1.807, 2.05) is 0 Å². The molecule has 1 N–H and O–H groups in total. The SMILES string of the molecule is Cc1nc2ccc(C(=O)C(=O)CC(=O)O)cc2o1. The third-order valence-electron chi connectivity index (χ3n) is 2.32. The van der Waals surface area contributed by atoms with E-state index in [0.29, 0.717) is 17.0 Å². The van der Waals surface area contributed by atoms with Gasteiger partial charge in [-0.3, -0.25) is 14.4 Å². The zero-order valence-electron chi connectivity index (χ0n) is 9.47. The molecule has 6 nitrogen and oxygen atoms in total. The zero-order valence-corrected chi connectivity index (χ0v) is 9.47. The molecule has 0 amide bonds. The molecular weight excluding hydrogens is 238 g/mol. The minimum Gasteiger partial charge on any atom is -0.481 e. The van der Waals surface area contributed by atoms with Gasteiger partial charge in [-0.15, -0.1) is 0 Å². The first-order chi connectivity index (χ1) is 8.47. The number of fused-ring (bicyclic) bond motifs is 1. The van der Waals surface area contributed by atoms with Crippen molar-refractivity contribution in [1.82, 2.24) is 4.98 Å². The highest BCUT2D eigenvalue weighted by Gasteiger charge is 2.20. The maximum atomic E-state index is 11.7. The van der Waals surface area contributed by atoms with Crippen molar-refractivity contribution in [2.45, 2.75) is 13.3 Å². The molecular formula is C12H9NO5. The first kappa shape index (κ1) is 12.0. The molecule has 0 aliphatic heterocycles. The molecule has 2 rings (SSSR count). The van der Waals surface area contributed by atoms with Crippen LogP contribution in [-0.4, -0.2) is 27.6 Å². The van der Waals surface area contributed by atoms with Crippen LogP contribution in [0.3, 0.4) is 0 Å². The molecule has 0 atom stereocenters. The van der Waals surface area contributed by atoms with Gasteiger partial charge in [0.1, 0.15) is 11.9 Å². The highest BCUT2D eigenvalue weighted by molar-refractivity contribution is 6.45. The third-order valence-corrected chi connectivity index (χ3v) is 2.32. The predicted molar refractivity (Wildman–Crippen MR) is 60.3 cm³/mol. The number of nitrogens with zero attached hydrogens (tertiary/aromatic N) is 1. The molecule has 92 valence electrons. The highest BCUT2D eigenvalue weighted by Crippen LogP contribution is 2.17. The minimum absolute atomic E-state index is 0.102. The number of benzene rings is 1. The van der Waals surface area contributed by atoms with Crippen molar-refractivity contribution in [3.8, 4) is 0 Å². The monoisotopic (exact) mass is 247 g/mol. The van der Waals surface area contributed by atoms with Gasteiger partial charge in [0.15, 0.2) is 11.5 Å². The second-order valence-electron chi connectivity index (χ2n) is 3.74. The Morgan fingerprint density at radius 2 is 2.06 bits per heavy atom. The number of hydrogen-bond donors (Lipinski definition) is 1. The smallest absolute Gasteiger partial charge is 0.311 e. The number of carboxylic acid groups (broad SMARTS) is 1. The molecule has 0 aliphatic rings. The number of oxazole rings is 1. The summed E-state index contributed by atoms with van der Waals surface area (Å²) in [6.07, 6.45) is -0.813. The van der Waals surface area contributed by atoms with Crippen LogP contribution in [0, 0.1) is 6.92 Å². The second-order valence-corrected chi connectivity index (χ2v) is 3.74. The van der Waals surface area contributed by atoms with E-state index in [2.05, 4.69) is 4.98 Å². The van der Waals surface area contributed by atoms with Crippen LogP contribution in [0.1, 0.15) is 22.7 Å². The highest BCUT2D eigenvalue weighted by atomic mass is 16.4. The van der Waals surface area contributed by atoms with Gasteiger partial charge in [0.25, 0.3) is 0 Å². The fourth-order valence-electron chi connectivity index (χ4n) is 1.56. The maximum Gasteiger partial charge on any atom is 0.311 e. The average Bonchev–Trinajstić information content (AvgIpc) is 2.65. The number of aromatic nitrogens is 1. The quantitative estimate of drug-likeness (QED) is 0.497. The molecule has 1 heterocycles. The molecule has 0 saturated heterocycles. The summed E-state index contributed by atoms with van der Waals surface area (Å²) in [5.74, 6) is -2.68. The number of aliphatic carboxylic acids is 1. The Morgan fingerprint density at radius 3 is 2.72 bits per heavy atom. The molecule has 6 heteroatoms. The molecule has 0 bridgehead atoms. The molecule has 0 spiro atoms. The minimum atomic E-state index is -1.33. The van der Waals surface area contributed by atoms with Crippen LogP contribution in [-0.2, 0) is 9.59 Å². The second kappa shape index (κ2) is 4.40. The Morgan fingerprint density at radius 1 is 1.33 bits per heavy atom. The van der Waals surface area contributed by atoms with Gasteiger partial charge >= 0.3 is 5.97 Å². The number of rotatable bonds is 4. The van der Waals surface area contributed by atoms with Crippen LogP contribution in [0.4, 0.5) is 0 Å². The van der Waals surface area contributed by atoms with Gasteiger partial charge in [-0.05, 0) is 18.2 Å². The van der Waals surface area contributed by atoms with E-state index in [9.17, 15) is 14.4 Å². The van der Waals surface area contributed by atoms with Crippen LogP contribution in [0.15, 0.2) is 22.6 Å². The summed E-state index contributed by atoms with van der Waals surface area (Å²) < 4.78 is 5.23. The standard InChI is InChI=1S/C12H9NO5/c1-6-13-8-3-2-7(4-10(8)18-6)12(17)9(14)5-11(15)16/h2-4H,5H2,1H3,(H,15,16). The average molecular weight is 247 g/mol. The Balaban J connectivity index is 2.33. The number of carboxylic acids is 1. The van der Waals surface area contributed by atoms with Crippen molar-refractivity contribution in [3.63, 3.8) is 0 Å². The molecule has 18 heavy (non-hydrogen) atoms. The summed E-state index contributed by atoms with van der Waals surface area (Å²) in [7, 11) is 0. The molecule has 2 aromatic rings. The lowest BCUT2D eigenvalue weighted by Gasteiger charge is -1.97. The predicted octanol–water partition coefficient (Wildman–Crippen LogP) is 1.36. The molecule has 0 aliphatic carbocycles. The van der Waals surface area contributed by atoms with E-state index in [0.717, 1.165) is 0 Å². The molecule has 0 unspecified atom stereocenters. The Kier molecular flexibility index (Phi) is 2.93. The lowest BCUT2D eigenvalue weighted by Crippen LogP contribution is -2.17. The normalized spacial score (nSPS) is 10.5. The Labute approximate surface area is 101 Å². The van der Waals surface area contributed by atoms with E-state index in [-0.39, 0.29) is 5.56 Å². The summed E-state index contributed by atoms with van der Waals surface area (Å²) in [4.78, 5) is 37.4. The van der Waals surface area contributed by atoms with Crippen LogP contribution >= 0.6 is 0 Å². The van der Waals surface area contributed by atoms with Gasteiger partial charge in [0.05, 0.1) is 0 Å². The summed E-state index contributed by atoms with van der Waals surface area (Å²) in [6.45, 7) is 1.66. The van der Waals surface area contributed by atoms with Crippen molar-refractivity contribution in [3.05, 3.63) is 29.7 Å². The van der Waals surface area contributed by atoms with Gasteiger partial charge in [-0.1, -0.05) is 0 Å². The first-order valence-corrected chi connectivity index (χ1v) is 5.14. The van der Waals surface area contributed by atoms with Crippen molar-refractivity contribution < 1.29 is 23.9 Å². The topological polar surface area (TPSA) is 97.5 Å². The van der Waals surface area contributed by atoms with Crippen molar-refractivity contribution in [2.24, 2.45) is 0 Å². The van der Waals surface area contributed by atoms with Crippen LogP contribution < -0.4 is 0 Å². The van der Waals surface area contributed by atoms with Gasteiger partial charge in [-0.2, -0.15) is 0 Å². The lowest BCUT2D eigenvalue weighted by atomic mass is 10.1. The van der Waals surface area contributed by atoms with Gasteiger partial charge in [-0.25, -0.2) is 4.98 Å². The van der Waals surface area contributed by atoms with E-state index >= 15 is 0 Å². The van der Waals surface area contributed by atoms with Crippen LogP contribution in [0.5, 0.6) is 0 Å². The summed E-state index contributed by atoms with van der Waals surface area (Å²) in [6, 6.07) is 4.36. The van der Waals surface area contributed by atoms with Crippen molar-refractivity contribution in [2.75, 3.05) is 0 Å². The number of carbonyl (C=O) groups excluding carboxylic acids is 2. The third kappa shape index (κ3) is 2.27. The molecule has 0 fully saturated rings. The van der Waals surface area contributed by atoms with Gasteiger partial charge in [0.2, 0.25) is 11.6 Å².